The van der Waals surface area contributed by atoms with E-state index < -0.39 is 0 Å². The van der Waals surface area contributed by atoms with Crippen LogP contribution >= 0.6 is 0 Å². The van der Waals surface area contributed by atoms with Gasteiger partial charge in [0, 0.05) is 5.70 Å². The summed E-state index contributed by atoms with van der Waals surface area (Å²) in [6.07, 6.45) is 3.65. The highest BCUT2D eigenvalue weighted by Gasteiger charge is 2.13. The molecule has 9 heavy (non-hydrogen) atoms. The molecule has 1 aliphatic rings. The van der Waals surface area contributed by atoms with E-state index in [0.717, 1.165) is 12.1 Å². The Hall–Kier alpha value is -0.460. The molecule has 0 fully saturated rings. The lowest BCUT2D eigenvalue weighted by Gasteiger charge is -2.05. The lowest BCUT2D eigenvalue weighted by Crippen LogP contribution is -2.00. The topological polar surface area (TPSA) is 26.0 Å². The molecule has 52 valence electrons. The fourth-order valence-corrected chi connectivity index (χ4v) is 1.45. The molecule has 1 rings (SSSR count). The van der Waals surface area contributed by atoms with E-state index in [1.807, 2.05) is 0 Å². The van der Waals surface area contributed by atoms with Crippen LogP contribution in [-0.4, -0.2) is 0 Å². The fourth-order valence-electron chi connectivity index (χ4n) is 1.45. The standard InChI is InChI=1S/C8H15N/c1-6(2)7-4-3-5-8(7)9/h6H,3-5,9H2,1-2H3. The molecule has 0 radical (unpaired) electrons. The van der Waals surface area contributed by atoms with Gasteiger partial charge in [-0.25, -0.2) is 0 Å². The third-order valence-electron chi connectivity index (χ3n) is 2.00. The molecule has 0 spiro atoms. The minimum absolute atomic E-state index is 0.674. The van der Waals surface area contributed by atoms with Crippen molar-refractivity contribution >= 4 is 0 Å². The normalized spacial score (nSPS) is 19.9. The zero-order chi connectivity index (χ0) is 6.85. The molecule has 0 amide bonds. The molecule has 0 saturated carbocycles. The van der Waals surface area contributed by atoms with Gasteiger partial charge >= 0.3 is 0 Å². The molecule has 1 aliphatic carbocycles. The van der Waals surface area contributed by atoms with Gasteiger partial charge in [-0.2, -0.15) is 0 Å². The van der Waals surface area contributed by atoms with E-state index >= 15 is 0 Å². The van der Waals surface area contributed by atoms with Crippen LogP contribution in [0.4, 0.5) is 0 Å². The van der Waals surface area contributed by atoms with Crippen LogP contribution in [0.25, 0.3) is 0 Å². The summed E-state index contributed by atoms with van der Waals surface area (Å²) in [4.78, 5) is 0. The Morgan fingerprint density at radius 3 is 2.22 bits per heavy atom. The molecule has 1 heteroatoms. The van der Waals surface area contributed by atoms with E-state index in [1.54, 1.807) is 0 Å². The second kappa shape index (κ2) is 2.42. The van der Waals surface area contributed by atoms with Crippen LogP contribution in [0, 0.1) is 5.92 Å². The van der Waals surface area contributed by atoms with Gasteiger partial charge in [0.05, 0.1) is 0 Å². The minimum atomic E-state index is 0.674. The SMILES string of the molecule is CC(C)C1=C(N)CCC1. The first-order valence-corrected chi connectivity index (χ1v) is 3.69. The lowest BCUT2D eigenvalue weighted by molar-refractivity contribution is 0.723. The predicted octanol–water partition coefficient (Wildman–Crippen LogP) is 2.04. The van der Waals surface area contributed by atoms with E-state index in [-0.39, 0.29) is 0 Å². The second-order valence-electron chi connectivity index (χ2n) is 3.06. The van der Waals surface area contributed by atoms with Crippen LogP contribution in [0.15, 0.2) is 11.3 Å². The van der Waals surface area contributed by atoms with Crippen LogP contribution < -0.4 is 5.73 Å². The van der Waals surface area contributed by atoms with Crippen molar-refractivity contribution in [2.75, 3.05) is 0 Å². The summed E-state index contributed by atoms with van der Waals surface area (Å²) >= 11 is 0. The molecule has 0 unspecified atom stereocenters. The van der Waals surface area contributed by atoms with Gasteiger partial charge in [0.25, 0.3) is 0 Å². The van der Waals surface area contributed by atoms with Crippen molar-refractivity contribution < 1.29 is 0 Å². The molecule has 0 saturated heterocycles. The Bertz CT molecular complexity index is 134. The van der Waals surface area contributed by atoms with Gasteiger partial charge in [-0.15, -0.1) is 0 Å². The van der Waals surface area contributed by atoms with Crippen molar-refractivity contribution in [2.24, 2.45) is 11.7 Å². The molecular formula is C8H15N. The third kappa shape index (κ3) is 1.26. The maximum atomic E-state index is 5.76. The average Bonchev–Trinajstić information content (AvgIpc) is 2.13. The van der Waals surface area contributed by atoms with Crippen molar-refractivity contribution in [3.8, 4) is 0 Å². The molecule has 0 aromatic rings. The summed E-state index contributed by atoms with van der Waals surface area (Å²) in [6.45, 7) is 4.43. The first-order chi connectivity index (χ1) is 4.22. The van der Waals surface area contributed by atoms with E-state index in [0.29, 0.717) is 5.92 Å². The zero-order valence-corrected chi connectivity index (χ0v) is 6.28. The highest BCUT2D eigenvalue weighted by molar-refractivity contribution is 5.17. The van der Waals surface area contributed by atoms with Crippen LogP contribution in [0.5, 0.6) is 0 Å². The number of hydrogen-bond donors (Lipinski definition) is 1. The van der Waals surface area contributed by atoms with Gasteiger partial charge in [0.15, 0.2) is 0 Å². The Morgan fingerprint density at radius 1 is 1.33 bits per heavy atom. The van der Waals surface area contributed by atoms with Gasteiger partial charge < -0.3 is 5.73 Å². The van der Waals surface area contributed by atoms with Crippen molar-refractivity contribution in [3.63, 3.8) is 0 Å². The monoisotopic (exact) mass is 125 g/mol. The van der Waals surface area contributed by atoms with E-state index in [2.05, 4.69) is 13.8 Å². The highest BCUT2D eigenvalue weighted by atomic mass is 14.6. The largest absolute Gasteiger partial charge is 0.402 e. The lowest BCUT2D eigenvalue weighted by atomic mass is 10.0. The maximum Gasteiger partial charge on any atom is 0.00751 e. The summed E-state index contributed by atoms with van der Waals surface area (Å²) < 4.78 is 0. The first-order valence-electron chi connectivity index (χ1n) is 3.69. The Kier molecular flexibility index (Phi) is 1.79. The van der Waals surface area contributed by atoms with Crippen molar-refractivity contribution in [1.29, 1.82) is 0 Å². The molecule has 0 aromatic heterocycles. The van der Waals surface area contributed by atoms with Crippen molar-refractivity contribution in [3.05, 3.63) is 11.3 Å². The molecule has 0 atom stereocenters. The van der Waals surface area contributed by atoms with Crippen molar-refractivity contribution in [1.82, 2.24) is 0 Å². The van der Waals surface area contributed by atoms with E-state index in [1.165, 1.54) is 18.4 Å². The van der Waals surface area contributed by atoms with Gasteiger partial charge in [-0.1, -0.05) is 13.8 Å². The summed E-state index contributed by atoms with van der Waals surface area (Å²) in [5, 5.41) is 0. The minimum Gasteiger partial charge on any atom is -0.402 e. The predicted molar refractivity (Wildman–Crippen MR) is 39.9 cm³/mol. The molecule has 0 heterocycles. The summed E-state index contributed by atoms with van der Waals surface area (Å²) in [5.74, 6) is 0.674. The second-order valence-corrected chi connectivity index (χ2v) is 3.06. The molecule has 0 aliphatic heterocycles. The summed E-state index contributed by atoms with van der Waals surface area (Å²) in [5.41, 5.74) is 8.41. The Balaban J connectivity index is 2.66. The Labute approximate surface area is 56.9 Å². The van der Waals surface area contributed by atoms with E-state index in [4.69, 9.17) is 5.73 Å². The van der Waals surface area contributed by atoms with Gasteiger partial charge in [-0.05, 0) is 30.8 Å². The Morgan fingerprint density at radius 2 is 2.00 bits per heavy atom. The summed E-state index contributed by atoms with van der Waals surface area (Å²) in [6, 6.07) is 0. The van der Waals surface area contributed by atoms with Gasteiger partial charge in [-0.3, -0.25) is 0 Å². The quantitative estimate of drug-likeness (QED) is 0.570. The fraction of sp³-hybridized carbons (Fsp3) is 0.750. The van der Waals surface area contributed by atoms with Gasteiger partial charge in [0.1, 0.15) is 0 Å². The molecule has 0 bridgehead atoms. The smallest absolute Gasteiger partial charge is 0.00751 e. The molecule has 1 nitrogen and oxygen atoms in total. The zero-order valence-electron chi connectivity index (χ0n) is 6.28. The third-order valence-corrected chi connectivity index (χ3v) is 2.00. The van der Waals surface area contributed by atoms with Gasteiger partial charge in [0.2, 0.25) is 0 Å². The molecule has 2 N–H and O–H groups in total. The average molecular weight is 125 g/mol. The first kappa shape index (κ1) is 6.66. The highest BCUT2D eigenvalue weighted by Crippen LogP contribution is 2.27. The number of hydrogen-bond acceptors (Lipinski definition) is 1. The number of rotatable bonds is 1. The van der Waals surface area contributed by atoms with Crippen LogP contribution in [0.2, 0.25) is 0 Å². The van der Waals surface area contributed by atoms with Crippen LogP contribution in [0.1, 0.15) is 33.1 Å². The number of nitrogens with two attached hydrogens (primary N) is 1. The number of allylic oxidation sites excluding steroid dienone is 2. The summed E-state index contributed by atoms with van der Waals surface area (Å²) in [7, 11) is 0. The molecular weight excluding hydrogens is 110 g/mol. The van der Waals surface area contributed by atoms with Crippen molar-refractivity contribution in [2.45, 2.75) is 33.1 Å². The van der Waals surface area contributed by atoms with Crippen LogP contribution in [0.3, 0.4) is 0 Å². The maximum absolute atomic E-state index is 5.76. The van der Waals surface area contributed by atoms with E-state index in [9.17, 15) is 0 Å². The van der Waals surface area contributed by atoms with Crippen LogP contribution in [-0.2, 0) is 0 Å². The molecule has 0 aromatic carbocycles.